The number of hydrogen-bond acceptors (Lipinski definition) is 4. The van der Waals surface area contributed by atoms with Crippen molar-refractivity contribution in [1.82, 2.24) is 5.32 Å². The highest BCUT2D eigenvalue weighted by Crippen LogP contribution is 2.05. The van der Waals surface area contributed by atoms with Crippen molar-refractivity contribution in [1.29, 1.82) is 0 Å². The number of aliphatic carboxylic acids is 1. The number of hydrogen-bond donors (Lipinski definition) is 4. The average molecular weight is 232 g/mol. The zero-order valence-corrected chi connectivity index (χ0v) is 9.64. The molecule has 0 radical (unpaired) electrons. The van der Waals surface area contributed by atoms with E-state index in [2.05, 4.69) is 5.32 Å². The number of nitrogens with one attached hydrogen (secondary N) is 1. The lowest BCUT2D eigenvalue weighted by atomic mass is 9.99. The zero-order chi connectivity index (χ0) is 12.7. The molecule has 6 heteroatoms. The summed E-state index contributed by atoms with van der Waals surface area (Å²) >= 11 is 0. The quantitative estimate of drug-likeness (QED) is 0.464. The van der Waals surface area contributed by atoms with Gasteiger partial charge in [-0.25, -0.2) is 4.79 Å². The summed E-state index contributed by atoms with van der Waals surface area (Å²) in [5.41, 5.74) is 5.65. The molecule has 5 N–H and O–H groups in total. The van der Waals surface area contributed by atoms with E-state index in [1.165, 1.54) is 0 Å². The maximum absolute atomic E-state index is 11.6. The van der Waals surface area contributed by atoms with Crippen LogP contribution in [-0.2, 0) is 9.59 Å². The van der Waals surface area contributed by atoms with E-state index >= 15 is 0 Å². The molecule has 6 nitrogen and oxygen atoms in total. The minimum absolute atomic E-state index is 0.0106. The van der Waals surface area contributed by atoms with Crippen LogP contribution in [0.15, 0.2) is 0 Å². The number of carbonyl (C=O) groups is 2. The van der Waals surface area contributed by atoms with Crippen molar-refractivity contribution in [2.45, 2.75) is 38.8 Å². The zero-order valence-electron chi connectivity index (χ0n) is 9.64. The molecule has 0 saturated carbocycles. The molecule has 0 aliphatic rings. The molecule has 0 heterocycles. The van der Waals surface area contributed by atoms with Crippen molar-refractivity contribution >= 4 is 11.9 Å². The van der Waals surface area contributed by atoms with Gasteiger partial charge in [-0.05, 0) is 5.92 Å². The van der Waals surface area contributed by atoms with Gasteiger partial charge in [-0.1, -0.05) is 20.3 Å². The third kappa shape index (κ3) is 4.59. The van der Waals surface area contributed by atoms with Gasteiger partial charge in [0.2, 0.25) is 5.91 Å². The Morgan fingerprint density at radius 1 is 1.44 bits per heavy atom. The number of amides is 1. The van der Waals surface area contributed by atoms with Gasteiger partial charge in [0.25, 0.3) is 0 Å². The van der Waals surface area contributed by atoms with E-state index in [-0.39, 0.29) is 18.9 Å². The maximum Gasteiger partial charge on any atom is 0.326 e. The summed E-state index contributed by atoms with van der Waals surface area (Å²) in [6.07, 6.45) is 0.723. The van der Waals surface area contributed by atoms with Crippen LogP contribution in [0, 0.1) is 5.92 Å². The third-order valence-corrected chi connectivity index (χ3v) is 2.59. The standard InChI is InChI=1S/C10H20N2O4/c1-3-6(2)8(11)9(14)12-7(4-5-13)10(15)16/h6-8,13H,3-5,11H2,1-2H3,(H,12,14)(H,15,16)/t6-,7-,8-/m0/s1. The van der Waals surface area contributed by atoms with Crippen LogP contribution in [0.3, 0.4) is 0 Å². The summed E-state index contributed by atoms with van der Waals surface area (Å²) in [4.78, 5) is 22.3. The van der Waals surface area contributed by atoms with Crippen LogP contribution < -0.4 is 11.1 Å². The van der Waals surface area contributed by atoms with Crippen LogP contribution in [-0.4, -0.2) is 40.8 Å². The van der Waals surface area contributed by atoms with Crippen LogP contribution in [0.4, 0.5) is 0 Å². The van der Waals surface area contributed by atoms with Crippen molar-refractivity contribution < 1.29 is 19.8 Å². The topological polar surface area (TPSA) is 113 Å². The Morgan fingerprint density at radius 2 is 2.00 bits per heavy atom. The van der Waals surface area contributed by atoms with Crippen molar-refractivity contribution in [2.75, 3.05) is 6.61 Å². The molecule has 0 aliphatic heterocycles. The first-order chi connectivity index (χ1) is 7.43. The number of nitrogens with two attached hydrogens (primary N) is 1. The summed E-state index contributed by atoms with van der Waals surface area (Å²) in [6, 6.07) is -1.79. The van der Waals surface area contributed by atoms with E-state index in [4.69, 9.17) is 15.9 Å². The summed E-state index contributed by atoms with van der Waals surface area (Å²) in [6.45, 7) is 3.43. The highest BCUT2D eigenvalue weighted by atomic mass is 16.4. The Labute approximate surface area is 94.8 Å². The molecule has 0 aliphatic carbocycles. The third-order valence-electron chi connectivity index (χ3n) is 2.59. The van der Waals surface area contributed by atoms with E-state index in [9.17, 15) is 9.59 Å². The van der Waals surface area contributed by atoms with E-state index in [0.717, 1.165) is 6.42 Å². The fourth-order valence-corrected chi connectivity index (χ4v) is 1.17. The van der Waals surface area contributed by atoms with Crippen molar-refractivity contribution in [3.8, 4) is 0 Å². The molecule has 0 spiro atoms. The Morgan fingerprint density at radius 3 is 2.38 bits per heavy atom. The Kier molecular flexibility index (Phi) is 6.67. The Balaban J connectivity index is 4.34. The van der Waals surface area contributed by atoms with Crippen molar-refractivity contribution in [3.63, 3.8) is 0 Å². The predicted octanol–water partition coefficient (Wildman–Crippen LogP) is -0.688. The summed E-state index contributed by atoms with van der Waals surface area (Å²) < 4.78 is 0. The molecule has 0 aromatic heterocycles. The van der Waals surface area contributed by atoms with Gasteiger partial charge in [-0.15, -0.1) is 0 Å². The lowest BCUT2D eigenvalue weighted by Crippen LogP contribution is -2.50. The summed E-state index contributed by atoms with van der Waals surface area (Å²) in [5.74, 6) is -1.67. The normalized spacial score (nSPS) is 16.2. The number of carboxylic acids is 1. The largest absolute Gasteiger partial charge is 0.480 e. The molecule has 16 heavy (non-hydrogen) atoms. The molecule has 0 saturated heterocycles. The molecular weight excluding hydrogens is 212 g/mol. The van der Waals surface area contributed by atoms with Gasteiger partial charge in [0.1, 0.15) is 6.04 Å². The molecule has 1 amide bonds. The first kappa shape index (κ1) is 14.9. The van der Waals surface area contributed by atoms with Gasteiger partial charge in [-0.2, -0.15) is 0 Å². The maximum atomic E-state index is 11.6. The molecule has 0 rings (SSSR count). The lowest BCUT2D eigenvalue weighted by molar-refractivity contribution is -0.142. The van der Waals surface area contributed by atoms with Gasteiger partial charge in [0, 0.05) is 13.0 Å². The van der Waals surface area contributed by atoms with Gasteiger partial charge >= 0.3 is 5.97 Å². The molecular formula is C10H20N2O4. The van der Waals surface area contributed by atoms with Gasteiger partial charge in [0.05, 0.1) is 6.04 Å². The second-order valence-corrected chi connectivity index (χ2v) is 3.82. The minimum atomic E-state index is -1.17. The second-order valence-electron chi connectivity index (χ2n) is 3.82. The number of aliphatic hydroxyl groups is 1. The van der Waals surface area contributed by atoms with Crippen LogP contribution in [0.5, 0.6) is 0 Å². The number of carboxylic acid groups (broad SMARTS) is 1. The number of rotatable bonds is 7. The van der Waals surface area contributed by atoms with Gasteiger partial charge in [0.15, 0.2) is 0 Å². The molecule has 0 unspecified atom stereocenters. The first-order valence-corrected chi connectivity index (χ1v) is 5.33. The number of aliphatic hydroxyl groups excluding tert-OH is 1. The molecule has 0 aromatic carbocycles. The van der Waals surface area contributed by atoms with Crippen LogP contribution in [0.1, 0.15) is 26.7 Å². The second kappa shape index (κ2) is 7.19. The fourth-order valence-electron chi connectivity index (χ4n) is 1.17. The highest BCUT2D eigenvalue weighted by Gasteiger charge is 2.25. The molecule has 0 aromatic rings. The van der Waals surface area contributed by atoms with E-state index in [0.29, 0.717) is 0 Å². The first-order valence-electron chi connectivity index (χ1n) is 5.33. The van der Waals surface area contributed by atoms with Gasteiger partial charge < -0.3 is 21.3 Å². The van der Waals surface area contributed by atoms with Crippen molar-refractivity contribution in [3.05, 3.63) is 0 Å². The molecule has 0 bridgehead atoms. The Hall–Kier alpha value is -1.14. The molecule has 94 valence electrons. The highest BCUT2D eigenvalue weighted by molar-refractivity contribution is 5.86. The minimum Gasteiger partial charge on any atom is -0.480 e. The van der Waals surface area contributed by atoms with E-state index < -0.39 is 24.0 Å². The number of carbonyl (C=O) groups excluding carboxylic acids is 1. The SMILES string of the molecule is CC[C@H](C)[C@H](N)C(=O)N[C@@H](CCO)C(=O)O. The van der Waals surface area contributed by atoms with E-state index in [1.807, 2.05) is 13.8 Å². The van der Waals surface area contributed by atoms with Crippen molar-refractivity contribution in [2.24, 2.45) is 11.7 Å². The lowest BCUT2D eigenvalue weighted by Gasteiger charge is -2.20. The van der Waals surface area contributed by atoms with E-state index in [1.54, 1.807) is 0 Å². The smallest absolute Gasteiger partial charge is 0.326 e. The van der Waals surface area contributed by atoms with Crippen LogP contribution >= 0.6 is 0 Å². The monoisotopic (exact) mass is 232 g/mol. The summed E-state index contributed by atoms with van der Waals surface area (Å²) in [7, 11) is 0. The molecule has 0 fully saturated rings. The Bertz CT molecular complexity index is 245. The van der Waals surface area contributed by atoms with Crippen LogP contribution in [0.25, 0.3) is 0 Å². The van der Waals surface area contributed by atoms with Gasteiger partial charge in [-0.3, -0.25) is 4.79 Å². The predicted molar refractivity (Wildman–Crippen MR) is 58.7 cm³/mol. The molecule has 3 atom stereocenters. The average Bonchev–Trinajstić information content (AvgIpc) is 2.25. The summed E-state index contributed by atoms with van der Waals surface area (Å²) in [5, 5.41) is 19.7. The fraction of sp³-hybridized carbons (Fsp3) is 0.800. The van der Waals surface area contributed by atoms with Crippen LogP contribution in [0.2, 0.25) is 0 Å².